The molecular weight excluding hydrogens is 478 g/mol. The standard InChI is InChI=1S/C31H33N3O2S/c1-33-28-14-18-37-30(28)19-29(33)31(35)26-20-34(27-7-3-2-6-25(26)27)17-4-5-22-8-10-24(11-9-22)36-21-23-12-15-32-16-13-23/h2-3,6-11,14,18-20,23,32H,4-5,12-13,15-17,21H2,1H3. The molecule has 5 nitrogen and oxygen atoms in total. The summed E-state index contributed by atoms with van der Waals surface area (Å²) in [7, 11) is 1.98. The topological polar surface area (TPSA) is 48.2 Å². The van der Waals surface area contributed by atoms with E-state index in [-0.39, 0.29) is 5.78 Å². The van der Waals surface area contributed by atoms with E-state index in [9.17, 15) is 4.79 Å². The van der Waals surface area contributed by atoms with Crippen LogP contribution in [0.3, 0.4) is 0 Å². The third-order valence-electron chi connectivity index (χ3n) is 7.66. The summed E-state index contributed by atoms with van der Waals surface area (Å²) < 4.78 is 11.4. The number of hydrogen-bond acceptors (Lipinski definition) is 4. The monoisotopic (exact) mass is 511 g/mol. The van der Waals surface area contributed by atoms with Crippen LogP contribution in [0.15, 0.2) is 72.2 Å². The molecule has 0 unspecified atom stereocenters. The van der Waals surface area contributed by atoms with Crippen LogP contribution >= 0.6 is 11.3 Å². The first-order valence-electron chi connectivity index (χ1n) is 13.3. The van der Waals surface area contributed by atoms with Crippen LogP contribution in [0.5, 0.6) is 5.75 Å². The Morgan fingerprint density at radius 1 is 1.05 bits per heavy atom. The maximum atomic E-state index is 13.6. The van der Waals surface area contributed by atoms with Crippen molar-refractivity contribution < 1.29 is 9.53 Å². The summed E-state index contributed by atoms with van der Waals surface area (Å²) in [6, 6.07) is 20.9. The zero-order chi connectivity index (χ0) is 25.2. The number of nitrogens with zero attached hydrogens (tertiary/aromatic N) is 2. The number of carbonyl (C=O) groups is 1. The number of carbonyl (C=O) groups excluding carboxylic acids is 1. The quantitative estimate of drug-likeness (QED) is 0.232. The van der Waals surface area contributed by atoms with Crippen LogP contribution in [-0.4, -0.2) is 34.6 Å². The van der Waals surface area contributed by atoms with E-state index in [0.717, 1.165) is 77.2 Å². The van der Waals surface area contributed by atoms with Crippen molar-refractivity contribution in [2.24, 2.45) is 13.0 Å². The number of fused-ring (bicyclic) bond motifs is 2. The van der Waals surface area contributed by atoms with Crippen LogP contribution in [0.25, 0.3) is 21.1 Å². The van der Waals surface area contributed by atoms with Crippen molar-refractivity contribution in [1.29, 1.82) is 0 Å². The highest BCUT2D eigenvalue weighted by Gasteiger charge is 2.20. The molecule has 6 heteroatoms. The molecule has 1 N–H and O–H groups in total. The van der Waals surface area contributed by atoms with Gasteiger partial charge >= 0.3 is 0 Å². The third-order valence-corrected chi connectivity index (χ3v) is 8.52. The summed E-state index contributed by atoms with van der Waals surface area (Å²) in [5, 5.41) is 6.50. The number of hydrogen-bond donors (Lipinski definition) is 1. The van der Waals surface area contributed by atoms with Crippen molar-refractivity contribution in [3.8, 4) is 5.75 Å². The largest absolute Gasteiger partial charge is 0.493 e. The number of aromatic nitrogens is 2. The lowest BCUT2D eigenvalue weighted by molar-refractivity contribution is 0.103. The lowest BCUT2D eigenvalue weighted by atomic mass is 9.99. The number of nitrogens with one attached hydrogen (secondary N) is 1. The fraction of sp³-hybridized carbons (Fsp3) is 0.323. The molecule has 0 aliphatic carbocycles. The molecule has 0 radical (unpaired) electrons. The highest BCUT2D eigenvalue weighted by Crippen LogP contribution is 2.29. The van der Waals surface area contributed by atoms with Crippen LogP contribution in [0.1, 0.15) is 40.9 Å². The van der Waals surface area contributed by atoms with Crippen LogP contribution in [0, 0.1) is 5.92 Å². The fourth-order valence-electron chi connectivity index (χ4n) is 5.49. The van der Waals surface area contributed by atoms with E-state index in [4.69, 9.17) is 4.74 Å². The summed E-state index contributed by atoms with van der Waals surface area (Å²) in [4.78, 5) is 13.6. The van der Waals surface area contributed by atoms with Gasteiger partial charge in [0.15, 0.2) is 0 Å². The molecule has 4 heterocycles. The van der Waals surface area contributed by atoms with E-state index in [2.05, 4.69) is 57.7 Å². The molecule has 0 bridgehead atoms. The van der Waals surface area contributed by atoms with Crippen LogP contribution in [-0.2, 0) is 20.0 Å². The molecule has 5 aromatic rings. The van der Waals surface area contributed by atoms with Crippen LogP contribution in [0.4, 0.5) is 0 Å². The Labute approximate surface area is 221 Å². The second kappa shape index (κ2) is 10.6. The van der Waals surface area contributed by atoms with Gasteiger partial charge < -0.3 is 19.2 Å². The molecule has 1 saturated heterocycles. The Morgan fingerprint density at radius 2 is 1.86 bits per heavy atom. The van der Waals surface area contributed by atoms with Gasteiger partial charge in [-0.25, -0.2) is 0 Å². The predicted molar refractivity (Wildman–Crippen MR) is 152 cm³/mol. The third kappa shape index (κ3) is 4.96. The molecule has 6 rings (SSSR count). The zero-order valence-corrected chi connectivity index (χ0v) is 22.1. The first-order valence-corrected chi connectivity index (χ1v) is 14.1. The van der Waals surface area contributed by atoms with Gasteiger partial charge in [0.05, 0.1) is 22.5 Å². The van der Waals surface area contributed by atoms with Gasteiger partial charge in [-0.15, -0.1) is 11.3 Å². The highest BCUT2D eigenvalue weighted by atomic mass is 32.1. The Bertz CT molecular complexity index is 1520. The second-order valence-corrected chi connectivity index (χ2v) is 11.0. The first kappa shape index (κ1) is 24.0. The molecule has 1 aliphatic heterocycles. The van der Waals surface area contributed by atoms with E-state index < -0.39 is 0 Å². The average Bonchev–Trinajstić information content (AvgIpc) is 3.64. The molecule has 0 amide bonds. The average molecular weight is 512 g/mol. The van der Waals surface area contributed by atoms with E-state index in [1.165, 1.54) is 18.4 Å². The summed E-state index contributed by atoms with van der Waals surface area (Å²) in [6.07, 6.45) is 6.43. The van der Waals surface area contributed by atoms with Gasteiger partial charge in [0.25, 0.3) is 0 Å². The minimum atomic E-state index is 0.0842. The smallest absolute Gasteiger partial charge is 0.211 e. The lowest BCUT2D eigenvalue weighted by Crippen LogP contribution is -2.30. The summed E-state index contributed by atoms with van der Waals surface area (Å²) in [5.41, 5.74) is 5.06. The molecule has 2 aromatic carbocycles. The molecule has 3 aromatic heterocycles. The molecule has 0 spiro atoms. The van der Waals surface area contributed by atoms with Crippen molar-refractivity contribution in [2.75, 3.05) is 19.7 Å². The van der Waals surface area contributed by atoms with E-state index >= 15 is 0 Å². The zero-order valence-electron chi connectivity index (χ0n) is 21.3. The number of aryl methyl sites for hydroxylation is 3. The summed E-state index contributed by atoms with van der Waals surface area (Å²) >= 11 is 1.67. The molecule has 0 saturated carbocycles. The Balaban J connectivity index is 1.12. The Morgan fingerprint density at radius 3 is 2.68 bits per heavy atom. The predicted octanol–water partition coefficient (Wildman–Crippen LogP) is 6.44. The number of thiophene rings is 1. The number of ketones is 1. The second-order valence-electron chi connectivity index (χ2n) is 10.1. The fourth-order valence-corrected chi connectivity index (χ4v) is 6.34. The van der Waals surface area contributed by atoms with Crippen molar-refractivity contribution in [3.05, 3.63) is 89.1 Å². The summed E-state index contributed by atoms with van der Waals surface area (Å²) in [5.74, 6) is 1.70. The number of para-hydroxylation sites is 1. The minimum absolute atomic E-state index is 0.0842. The van der Waals surface area contributed by atoms with Crippen molar-refractivity contribution in [3.63, 3.8) is 0 Å². The normalized spacial score (nSPS) is 14.5. The summed E-state index contributed by atoms with van der Waals surface area (Å²) in [6.45, 7) is 3.88. The molecule has 0 atom stereocenters. The minimum Gasteiger partial charge on any atom is -0.493 e. The number of piperidine rings is 1. The Hall–Kier alpha value is -3.35. The van der Waals surface area contributed by atoms with E-state index in [1.807, 2.05) is 36.0 Å². The van der Waals surface area contributed by atoms with E-state index in [0.29, 0.717) is 5.92 Å². The van der Waals surface area contributed by atoms with Gasteiger partial charge in [-0.3, -0.25) is 4.79 Å². The maximum Gasteiger partial charge on any atom is 0.211 e. The molecule has 37 heavy (non-hydrogen) atoms. The van der Waals surface area contributed by atoms with Gasteiger partial charge in [-0.2, -0.15) is 0 Å². The molecule has 190 valence electrons. The molecular formula is C31H33N3O2S. The van der Waals surface area contributed by atoms with Crippen molar-refractivity contribution in [1.82, 2.24) is 14.5 Å². The number of rotatable bonds is 9. The van der Waals surface area contributed by atoms with Crippen LogP contribution in [0.2, 0.25) is 0 Å². The van der Waals surface area contributed by atoms with E-state index in [1.54, 1.807) is 11.3 Å². The van der Waals surface area contributed by atoms with Gasteiger partial charge in [0.1, 0.15) is 5.75 Å². The molecule has 1 aliphatic rings. The van der Waals surface area contributed by atoms with Gasteiger partial charge in [-0.05, 0) is 86.0 Å². The Kier molecular flexibility index (Phi) is 6.85. The highest BCUT2D eigenvalue weighted by molar-refractivity contribution is 7.17. The van der Waals surface area contributed by atoms with Gasteiger partial charge in [0.2, 0.25) is 5.78 Å². The van der Waals surface area contributed by atoms with Gasteiger partial charge in [-0.1, -0.05) is 30.3 Å². The maximum absolute atomic E-state index is 13.6. The first-order chi connectivity index (χ1) is 18.2. The SMILES string of the molecule is Cn1c(C(=O)c2cn(CCCc3ccc(OCC4CCNCC4)cc3)c3ccccc23)cc2sccc21. The van der Waals surface area contributed by atoms with Gasteiger partial charge in [0, 0.05) is 36.3 Å². The molecule has 1 fully saturated rings. The number of ether oxygens (including phenoxy) is 1. The van der Waals surface area contributed by atoms with Crippen LogP contribution < -0.4 is 10.1 Å². The van der Waals surface area contributed by atoms with Crippen molar-refractivity contribution in [2.45, 2.75) is 32.2 Å². The van der Waals surface area contributed by atoms with Crippen molar-refractivity contribution >= 4 is 38.2 Å². The number of benzene rings is 2. The lowest BCUT2D eigenvalue weighted by Gasteiger charge is -2.22.